The average Bonchev–Trinajstić information content (AvgIpc) is 2.45. The van der Waals surface area contributed by atoms with E-state index in [0.717, 1.165) is 25.1 Å². The number of hydrogen-bond acceptors (Lipinski definition) is 3. The molecule has 1 saturated heterocycles. The molecule has 1 atom stereocenters. The summed E-state index contributed by atoms with van der Waals surface area (Å²) >= 11 is 0. The van der Waals surface area contributed by atoms with E-state index >= 15 is 0 Å². The Hall–Kier alpha value is -1.27. The van der Waals surface area contributed by atoms with Crippen LogP contribution >= 0.6 is 0 Å². The average molecular weight is 303 g/mol. The Morgan fingerprint density at radius 2 is 1.95 bits per heavy atom. The standard InChI is InChI=1S/C15H20F3NO2/c16-15(17,18)21-14-5-3-13(4-6-14)11-20-9-7-12-2-1-8-19-10-12/h3-6,12,19H,1-2,7-11H2. The summed E-state index contributed by atoms with van der Waals surface area (Å²) in [6.45, 7) is 3.23. The molecule has 1 N–H and O–H groups in total. The van der Waals surface area contributed by atoms with Crippen LogP contribution in [0.4, 0.5) is 13.2 Å². The molecule has 6 heteroatoms. The second-order valence-electron chi connectivity index (χ2n) is 5.25. The number of rotatable bonds is 6. The Balaban J connectivity index is 1.66. The van der Waals surface area contributed by atoms with Gasteiger partial charge in [0.05, 0.1) is 6.61 Å². The van der Waals surface area contributed by atoms with Crippen LogP contribution in [0.2, 0.25) is 0 Å². The molecule has 1 aliphatic rings. The normalized spacial score (nSPS) is 19.5. The molecule has 0 saturated carbocycles. The predicted octanol–water partition coefficient (Wildman–Crippen LogP) is 3.49. The van der Waals surface area contributed by atoms with E-state index in [0.29, 0.717) is 19.1 Å². The fourth-order valence-electron chi connectivity index (χ4n) is 2.40. The Labute approximate surface area is 122 Å². The molecule has 21 heavy (non-hydrogen) atoms. The maximum Gasteiger partial charge on any atom is 0.573 e. The molecule has 2 rings (SSSR count). The van der Waals surface area contributed by atoms with Gasteiger partial charge in [0.25, 0.3) is 0 Å². The van der Waals surface area contributed by atoms with Crippen LogP contribution in [0, 0.1) is 5.92 Å². The van der Waals surface area contributed by atoms with Crippen molar-refractivity contribution >= 4 is 0 Å². The molecule has 118 valence electrons. The van der Waals surface area contributed by atoms with Crippen LogP contribution in [-0.2, 0) is 11.3 Å². The fraction of sp³-hybridized carbons (Fsp3) is 0.600. The van der Waals surface area contributed by atoms with Gasteiger partial charge in [-0.05, 0) is 56.0 Å². The van der Waals surface area contributed by atoms with Gasteiger partial charge >= 0.3 is 6.36 Å². The number of halogens is 3. The van der Waals surface area contributed by atoms with Gasteiger partial charge in [0.2, 0.25) is 0 Å². The van der Waals surface area contributed by atoms with Gasteiger partial charge in [0.15, 0.2) is 0 Å². The quantitative estimate of drug-likeness (QED) is 0.816. The van der Waals surface area contributed by atoms with Crippen LogP contribution < -0.4 is 10.1 Å². The van der Waals surface area contributed by atoms with Crippen LogP contribution in [-0.4, -0.2) is 26.1 Å². The fourth-order valence-corrected chi connectivity index (χ4v) is 2.40. The van der Waals surface area contributed by atoms with Crippen molar-refractivity contribution in [3.8, 4) is 5.75 Å². The summed E-state index contributed by atoms with van der Waals surface area (Å²) in [5.41, 5.74) is 0.839. The van der Waals surface area contributed by atoms with Crippen molar-refractivity contribution in [2.75, 3.05) is 19.7 Å². The van der Waals surface area contributed by atoms with Crippen molar-refractivity contribution in [1.29, 1.82) is 0 Å². The maximum atomic E-state index is 12.0. The van der Waals surface area contributed by atoms with Gasteiger partial charge in [-0.15, -0.1) is 13.2 Å². The Morgan fingerprint density at radius 1 is 1.19 bits per heavy atom. The van der Waals surface area contributed by atoms with Crippen molar-refractivity contribution in [3.05, 3.63) is 29.8 Å². The number of piperidine rings is 1. The lowest BCUT2D eigenvalue weighted by molar-refractivity contribution is -0.274. The highest BCUT2D eigenvalue weighted by Crippen LogP contribution is 2.23. The van der Waals surface area contributed by atoms with Gasteiger partial charge < -0.3 is 14.8 Å². The number of alkyl halides is 3. The van der Waals surface area contributed by atoms with Crippen LogP contribution in [0.25, 0.3) is 0 Å². The molecule has 1 heterocycles. The van der Waals surface area contributed by atoms with Gasteiger partial charge in [0.1, 0.15) is 5.75 Å². The summed E-state index contributed by atoms with van der Waals surface area (Å²) in [5.74, 6) is 0.459. The van der Waals surface area contributed by atoms with Crippen LogP contribution in [0.3, 0.4) is 0 Å². The summed E-state index contributed by atoms with van der Waals surface area (Å²) in [4.78, 5) is 0. The molecule has 0 aliphatic carbocycles. The molecule has 0 radical (unpaired) electrons. The van der Waals surface area contributed by atoms with E-state index in [1.54, 1.807) is 12.1 Å². The molecule has 1 aromatic rings. The molecule has 1 aliphatic heterocycles. The second kappa shape index (κ2) is 7.66. The zero-order valence-corrected chi connectivity index (χ0v) is 11.8. The topological polar surface area (TPSA) is 30.5 Å². The number of hydrogen-bond donors (Lipinski definition) is 1. The zero-order valence-electron chi connectivity index (χ0n) is 11.8. The molecular formula is C15H20F3NO2. The third kappa shape index (κ3) is 6.35. The van der Waals surface area contributed by atoms with E-state index < -0.39 is 6.36 Å². The van der Waals surface area contributed by atoms with Crippen LogP contribution in [0.1, 0.15) is 24.8 Å². The first kappa shape index (κ1) is 16.1. The third-order valence-corrected chi connectivity index (χ3v) is 3.50. The molecule has 3 nitrogen and oxygen atoms in total. The lowest BCUT2D eigenvalue weighted by Crippen LogP contribution is -2.30. The van der Waals surface area contributed by atoms with Gasteiger partial charge in [-0.25, -0.2) is 0 Å². The SMILES string of the molecule is FC(F)(F)Oc1ccc(COCCC2CCCNC2)cc1. The molecule has 0 aromatic heterocycles. The van der Waals surface area contributed by atoms with Gasteiger partial charge in [0, 0.05) is 6.61 Å². The number of nitrogens with one attached hydrogen (secondary N) is 1. The van der Waals surface area contributed by atoms with Crippen LogP contribution in [0.5, 0.6) is 5.75 Å². The van der Waals surface area contributed by atoms with E-state index in [9.17, 15) is 13.2 Å². The maximum absolute atomic E-state index is 12.0. The van der Waals surface area contributed by atoms with E-state index in [2.05, 4.69) is 10.1 Å². The Morgan fingerprint density at radius 3 is 2.57 bits per heavy atom. The molecule has 0 spiro atoms. The van der Waals surface area contributed by atoms with Gasteiger partial charge in [-0.3, -0.25) is 0 Å². The van der Waals surface area contributed by atoms with E-state index in [1.165, 1.54) is 25.0 Å². The third-order valence-electron chi connectivity index (χ3n) is 3.50. The van der Waals surface area contributed by atoms with Crippen molar-refractivity contribution in [3.63, 3.8) is 0 Å². The highest BCUT2D eigenvalue weighted by molar-refractivity contribution is 5.27. The number of ether oxygens (including phenoxy) is 2. The minimum atomic E-state index is -4.65. The lowest BCUT2D eigenvalue weighted by atomic mass is 9.97. The van der Waals surface area contributed by atoms with Crippen LogP contribution in [0.15, 0.2) is 24.3 Å². The smallest absolute Gasteiger partial charge is 0.406 e. The second-order valence-corrected chi connectivity index (χ2v) is 5.25. The highest BCUT2D eigenvalue weighted by Gasteiger charge is 2.30. The molecule has 0 amide bonds. The summed E-state index contributed by atoms with van der Waals surface area (Å²) in [6.07, 6.45) is -1.18. The van der Waals surface area contributed by atoms with Crippen molar-refractivity contribution in [2.24, 2.45) is 5.92 Å². The Bertz CT molecular complexity index is 414. The summed E-state index contributed by atoms with van der Waals surface area (Å²) in [7, 11) is 0. The van der Waals surface area contributed by atoms with Crippen molar-refractivity contribution in [2.45, 2.75) is 32.2 Å². The lowest BCUT2D eigenvalue weighted by Gasteiger charge is -2.22. The Kier molecular flexibility index (Phi) is 5.87. The van der Waals surface area contributed by atoms with Gasteiger partial charge in [-0.2, -0.15) is 0 Å². The summed E-state index contributed by atoms with van der Waals surface area (Å²) in [6, 6.07) is 5.78. The molecule has 1 unspecified atom stereocenters. The molecular weight excluding hydrogens is 283 g/mol. The van der Waals surface area contributed by atoms with E-state index in [4.69, 9.17) is 4.74 Å². The first-order chi connectivity index (χ1) is 10.0. The largest absolute Gasteiger partial charge is 0.573 e. The predicted molar refractivity (Wildman–Crippen MR) is 73.0 cm³/mol. The molecule has 0 bridgehead atoms. The van der Waals surface area contributed by atoms with E-state index in [1.807, 2.05) is 0 Å². The van der Waals surface area contributed by atoms with Gasteiger partial charge in [-0.1, -0.05) is 12.1 Å². The first-order valence-corrected chi connectivity index (χ1v) is 7.16. The highest BCUT2D eigenvalue weighted by atomic mass is 19.4. The molecule has 1 fully saturated rings. The first-order valence-electron chi connectivity index (χ1n) is 7.16. The summed E-state index contributed by atoms with van der Waals surface area (Å²) < 4.78 is 45.4. The van der Waals surface area contributed by atoms with Crippen molar-refractivity contribution in [1.82, 2.24) is 5.32 Å². The minimum Gasteiger partial charge on any atom is -0.406 e. The molecule has 1 aromatic carbocycles. The van der Waals surface area contributed by atoms with Crippen molar-refractivity contribution < 1.29 is 22.6 Å². The summed E-state index contributed by atoms with van der Waals surface area (Å²) in [5, 5.41) is 3.36. The monoisotopic (exact) mass is 303 g/mol. The van der Waals surface area contributed by atoms with E-state index in [-0.39, 0.29) is 5.75 Å². The zero-order chi connectivity index (χ0) is 15.1. The minimum absolute atomic E-state index is 0.209. The number of benzene rings is 1.